The highest BCUT2D eigenvalue weighted by Gasteiger charge is 2.17. The number of fused-ring (bicyclic) bond motifs is 1. The molecule has 5 nitrogen and oxygen atoms in total. The second kappa shape index (κ2) is 8.21. The van der Waals surface area contributed by atoms with Crippen LogP contribution in [0.2, 0.25) is 13.1 Å². The van der Waals surface area contributed by atoms with Gasteiger partial charge in [-0.2, -0.15) is 0 Å². The number of rotatable bonds is 5. The molecular weight excluding hydrogens is 430 g/mol. The fourth-order valence-corrected chi connectivity index (χ4v) is 4.01. The van der Waals surface area contributed by atoms with Crippen molar-refractivity contribution >= 4 is 25.3 Å². The van der Waals surface area contributed by atoms with Gasteiger partial charge in [0.25, 0.3) is 5.56 Å². The number of nitrogens with zero attached hydrogens (tertiary/aromatic N) is 1. The molecule has 0 saturated carbocycles. The molecule has 0 atom stereocenters. The number of aromatic amines is 1. The molecule has 0 spiro atoms. The quantitative estimate of drug-likeness (QED) is 0.401. The monoisotopic (exact) mass is 452 g/mol. The summed E-state index contributed by atoms with van der Waals surface area (Å²) in [5.41, 5.74) is 4.18. The van der Waals surface area contributed by atoms with Crippen molar-refractivity contribution in [3.05, 3.63) is 88.1 Å². The molecule has 32 heavy (non-hydrogen) atoms. The predicted octanol–water partition coefficient (Wildman–Crippen LogP) is 5.35. The minimum absolute atomic E-state index is 0.116. The van der Waals surface area contributed by atoms with Crippen molar-refractivity contribution < 1.29 is 18.3 Å². The van der Waals surface area contributed by atoms with E-state index in [1.54, 1.807) is 56.4 Å². The summed E-state index contributed by atoms with van der Waals surface area (Å²) in [7, 11) is -0.772. The minimum Gasteiger partial charge on any atom is -0.454 e. The van der Waals surface area contributed by atoms with Crippen LogP contribution in [-0.4, -0.2) is 22.7 Å². The summed E-state index contributed by atoms with van der Waals surface area (Å²) >= 11 is 0. The number of aromatic nitrogens is 2. The van der Waals surface area contributed by atoms with Crippen molar-refractivity contribution in [2.45, 2.75) is 13.1 Å². The zero-order valence-electron chi connectivity index (χ0n) is 17.8. The zero-order valence-corrected chi connectivity index (χ0v) is 18.8. The maximum absolute atomic E-state index is 14.3. The lowest BCUT2D eigenvalue weighted by molar-refractivity contribution is 0.439. The Labute approximate surface area is 184 Å². The van der Waals surface area contributed by atoms with Gasteiger partial charge in [-0.25, -0.2) is 8.78 Å². The van der Waals surface area contributed by atoms with Crippen molar-refractivity contribution in [3.8, 4) is 22.6 Å². The van der Waals surface area contributed by atoms with Crippen LogP contribution in [0.25, 0.3) is 28.1 Å². The minimum atomic E-state index is -2.42. The first-order valence-corrected chi connectivity index (χ1v) is 13.0. The molecule has 164 valence electrons. The molecule has 0 aliphatic carbocycles. The first-order valence-electron chi connectivity index (χ1n) is 9.98. The van der Waals surface area contributed by atoms with Crippen LogP contribution in [0.3, 0.4) is 0 Å². The van der Waals surface area contributed by atoms with Gasteiger partial charge in [0.1, 0.15) is 17.1 Å². The number of H-pyrrole nitrogens is 1. The van der Waals surface area contributed by atoms with Gasteiger partial charge in [-0.15, -0.1) is 0 Å². The van der Waals surface area contributed by atoms with Crippen molar-refractivity contribution in [1.29, 1.82) is 0 Å². The van der Waals surface area contributed by atoms with Crippen molar-refractivity contribution in [2.24, 2.45) is 7.05 Å². The van der Waals surface area contributed by atoms with Gasteiger partial charge < -0.3 is 19.1 Å². The maximum Gasteiger partial charge on any atom is 0.274 e. The summed E-state index contributed by atoms with van der Waals surface area (Å²) in [4.78, 5) is 25.6. The summed E-state index contributed by atoms with van der Waals surface area (Å²) in [5, 5.41) is 0.690. The van der Waals surface area contributed by atoms with Crippen molar-refractivity contribution in [3.63, 3.8) is 0 Å². The number of pyridine rings is 1. The number of hydrogen-bond acceptors (Lipinski definition) is 3. The highest BCUT2D eigenvalue weighted by molar-refractivity contribution is 6.75. The largest absolute Gasteiger partial charge is 0.454 e. The van der Waals surface area contributed by atoms with Crippen LogP contribution >= 0.6 is 0 Å². The normalized spacial score (nSPS) is 12.1. The van der Waals surface area contributed by atoms with Crippen LogP contribution < -0.4 is 10.3 Å². The van der Waals surface area contributed by atoms with Crippen LogP contribution in [0.15, 0.2) is 65.4 Å². The summed E-state index contributed by atoms with van der Waals surface area (Å²) in [6, 6.07) is 10.2. The Kier molecular flexibility index (Phi) is 5.58. The fraction of sp³-hybridized carbons (Fsp3) is 0.125. The Morgan fingerprint density at radius 1 is 1.06 bits per heavy atom. The van der Waals surface area contributed by atoms with Crippen LogP contribution in [0, 0.1) is 11.6 Å². The molecule has 0 bridgehead atoms. The molecule has 2 N–H and O–H groups in total. The van der Waals surface area contributed by atoms with E-state index in [-0.39, 0.29) is 11.3 Å². The molecule has 2 heterocycles. The second-order valence-corrected chi connectivity index (χ2v) is 11.8. The van der Waals surface area contributed by atoms with Crippen LogP contribution in [0.4, 0.5) is 8.78 Å². The third kappa shape index (κ3) is 4.41. The third-order valence-electron chi connectivity index (χ3n) is 4.99. The van der Waals surface area contributed by atoms with E-state index in [0.29, 0.717) is 27.8 Å². The number of benzene rings is 2. The number of aryl methyl sites for hydroxylation is 1. The van der Waals surface area contributed by atoms with Crippen molar-refractivity contribution in [1.82, 2.24) is 9.55 Å². The molecule has 0 amide bonds. The van der Waals surface area contributed by atoms with E-state index in [4.69, 9.17) is 4.74 Å². The summed E-state index contributed by atoms with van der Waals surface area (Å²) in [6.45, 7) is 3.60. The lowest BCUT2D eigenvalue weighted by atomic mass is 10.00. The fourth-order valence-electron chi connectivity index (χ4n) is 3.41. The Hall–Kier alpha value is -3.49. The molecule has 0 saturated heterocycles. The summed E-state index contributed by atoms with van der Waals surface area (Å²) < 4.78 is 34.9. The number of nitrogens with one attached hydrogen (secondary N) is 1. The van der Waals surface area contributed by atoms with Crippen molar-refractivity contribution in [2.75, 3.05) is 0 Å². The second-order valence-electron chi connectivity index (χ2n) is 8.14. The van der Waals surface area contributed by atoms with E-state index in [1.165, 1.54) is 10.6 Å². The Balaban J connectivity index is 1.92. The van der Waals surface area contributed by atoms with Gasteiger partial charge in [-0.1, -0.05) is 17.8 Å². The highest BCUT2D eigenvalue weighted by atomic mass is 28.4. The zero-order chi connectivity index (χ0) is 23.0. The Bertz CT molecular complexity index is 1400. The lowest BCUT2D eigenvalue weighted by Gasteiger charge is -2.15. The van der Waals surface area contributed by atoms with Gasteiger partial charge in [0, 0.05) is 42.0 Å². The molecule has 2 aromatic carbocycles. The van der Waals surface area contributed by atoms with E-state index in [0.717, 1.165) is 17.7 Å². The third-order valence-corrected chi connectivity index (χ3v) is 5.97. The Morgan fingerprint density at radius 3 is 2.53 bits per heavy atom. The topological polar surface area (TPSA) is 67.2 Å². The van der Waals surface area contributed by atoms with E-state index in [1.807, 2.05) is 12.1 Å². The highest BCUT2D eigenvalue weighted by Crippen LogP contribution is 2.38. The summed E-state index contributed by atoms with van der Waals surface area (Å²) in [6.07, 6.45) is 5.20. The molecule has 8 heteroatoms. The predicted molar refractivity (Wildman–Crippen MR) is 124 cm³/mol. The number of halogens is 2. The standard InChI is InChI=1S/C24H22F2N2O3Si/c1-28-14-19(17-8-10-27-23(17)24(28)29)18-12-15(9-11-32(2,3)30)4-6-21(18)31-22-7-5-16(25)13-20(22)26/h4-14,27,30H,1-3H3. The van der Waals surface area contributed by atoms with E-state index in [2.05, 4.69) is 4.98 Å². The maximum atomic E-state index is 14.3. The Morgan fingerprint density at radius 2 is 1.81 bits per heavy atom. The molecule has 2 aromatic heterocycles. The number of hydrogen-bond donors (Lipinski definition) is 2. The van der Waals surface area contributed by atoms with E-state index in [9.17, 15) is 18.4 Å². The molecule has 0 aliphatic rings. The average molecular weight is 453 g/mol. The van der Waals surface area contributed by atoms with Gasteiger partial charge >= 0.3 is 0 Å². The van der Waals surface area contributed by atoms with E-state index >= 15 is 0 Å². The lowest BCUT2D eigenvalue weighted by Crippen LogP contribution is -2.21. The van der Waals surface area contributed by atoms with Crippen LogP contribution in [0.5, 0.6) is 11.5 Å². The molecular formula is C24H22F2N2O3Si. The average Bonchev–Trinajstić information content (AvgIpc) is 3.21. The molecule has 4 rings (SSSR count). The van der Waals surface area contributed by atoms with Crippen LogP contribution in [0.1, 0.15) is 5.56 Å². The molecule has 0 fully saturated rings. The molecule has 4 aromatic rings. The smallest absolute Gasteiger partial charge is 0.274 e. The SMILES string of the molecule is Cn1cc(-c2cc(C=C[Si](C)(C)O)ccc2Oc2ccc(F)cc2F)c2cc[nH]c2c1=O. The van der Waals surface area contributed by atoms with Gasteiger partial charge in [0.2, 0.25) is 8.32 Å². The van der Waals surface area contributed by atoms with Gasteiger partial charge in [-0.05, 0) is 49.0 Å². The first kappa shape index (κ1) is 21.7. The molecule has 0 aliphatic heterocycles. The first-order chi connectivity index (χ1) is 15.1. The molecule has 0 unspecified atom stereocenters. The summed E-state index contributed by atoms with van der Waals surface area (Å²) in [5.74, 6) is -1.29. The van der Waals surface area contributed by atoms with Gasteiger partial charge in [0.05, 0.1) is 0 Å². The van der Waals surface area contributed by atoms with E-state index < -0.39 is 20.0 Å². The number of ether oxygens (including phenoxy) is 1. The molecule has 0 radical (unpaired) electrons. The van der Waals surface area contributed by atoms with Gasteiger partial charge in [0.15, 0.2) is 11.6 Å². The van der Waals surface area contributed by atoms with Crippen LogP contribution in [-0.2, 0) is 7.05 Å². The van der Waals surface area contributed by atoms with Gasteiger partial charge in [-0.3, -0.25) is 4.79 Å².